The summed E-state index contributed by atoms with van der Waals surface area (Å²) in [5.41, 5.74) is 0.386. The quantitative estimate of drug-likeness (QED) is 0.717. The summed E-state index contributed by atoms with van der Waals surface area (Å²) in [5.74, 6) is -1.03. The predicted molar refractivity (Wildman–Crippen MR) is 53.2 cm³/mol. The van der Waals surface area contributed by atoms with Gasteiger partial charge in [-0.2, -0.15) is 0 Å². The summed E-state index contributed by atoms with van der Waals surface area (Å²) < 4.78 is 4.44. The first-order chi connectivity index (χ1) is 7.22. The van der Waals surface area contributed by atoms with Gasteiger partial charge in [0.25, 0.3) is 0 Å². The molecule has 0 saturated heterocycles. The molecule has 0 aromatic carbocycles. The lowest BCUT2D eigenvalue weighted by molar-refractivity contribution is -0.110. The maximum Gasteiger partial charge on any atom is 0.417 e. The van der Waals surface area contributed by atoms with Gasteiger partial charge < -0.3 is 4.74 Å². The minimum atomic E-state index is -0.519. The van der Waals surface area contributed by atoms with Crippen molar-refractivity contribution >= 4 is 35.5 Å². The topological polar surface area (TPSA) is 60.4 Å². The summed E-state index contributed by atoms with van der Waals surface area (Å²) in [6.07, 6.45) is 2.84. The van der Waals surface area contributed by atoms with E-state index in [1.165, 1.54) is 23.9 Å². The summed E-state index contributed by atoms with van der Waals surface area (Å²) >= 11 is 1.32. The van der Waals surface area contributed by atoms with Gasteiger partial charge in [-0.15, -0.1) is 11.3 Å². The Labute approximate surface area is 89.2 Å². The van der Waals surface area contributed by atoms with Crippen LogP contribution in [0.2, 0.25) is 0 Å². The SMILES string of the molecule is O=[C]OCc1cc2c(s1)C=CC(=O)C2=O. The van der Waals surface area contributed by atoms with Crippen molar-refractivity contribution in [1.29, 1.82) is 0 Å². The van der Waals surface area contributed by atoms with Crippen LogP contribution >= 0.6 is 11.3 Å². The van der Waals surface area contributed by atoms with Crippen LogP contribution in [0.3, 0.4) is 0 Å². The number of ether oxygens (including phenoxy) is 1. The number of thiophene rings is 1. The van der Waals surface area contributed by atoms with Crippen LogP contribution in [0, 0.1) is 0 Å². The van der Waals surface area contributed by atoms with E-state index in [0.29, 0.717) is 5.56 Å². The number of Topliss-reactive ketones (excluding diaryl/α,β-unsaturated/α-hetero) is 1. The zero-order chi connectivity index (χ0) is 10.8. The molecule has 15 heavy (non-hydrogen) atoms. The Bertz CT molecular complexity index is 470. The standard InChI is InChI=1S/C10H5O4S/c11-5-14-4-6-3-7-9(15-6)2-1-8(12)10(7)13/h1-3H,4H2. The van der Waals surface area contributed by atoms with Crippen LogP contribution in [0.25, 0.3) is 6.08 Å². The largest absolute Gasteiger partial charge is 0.452 e. The fraction of sp³-hybridized carbons (Fsp3) is 0.100. The van der Waals surface area contributed by atoms with Crippen LogP contribution in [0.4, 0.5) is 0 Å². The molecule has 0 unspecified atom stereocenters. The van der Waals surface area contributed by atoms with Gasteiger partial charge in [0.2, 0.25) is 11.6 Å². The summed E-state index contributed by atoms with van der Waals surface area (Å²) in [5, 5.41) is 0. The highest BCUT2D eigenvalue weighted by Gasteiger charge is 2.23. The van der Waals surface area contributed by atoms with E-state index in [0.717, 1.165) is 9.75 Å². The molecule has 75 valence electrons. The van der Waals surface area contributed by atoms with Crippen molar-refractivity contribution < 1.29 is 19.1 Å². The molecular weight excluding hydrogens is 216 g/mol. The molecule has 0 aliphatic heterocycles. The summed E-state index contributed by atoms with van der Waals surface area (Å²) in [6, 6.07) is 1.57. The third kappa shape index (κ3) is 1.73. The summed E-state index contributed by atoms with van der Waals surface area (Å²) in [7, 11) is 0. The zero-order valence-corrected chi connectivity index (χ0v) is 8.30. The molecule has 0 atom stereocenters. The van der Waals surface area contributed by atoms with Gasteiger partial charge in [-0.1, -0.05) is 0 Å². The number of carbonyl (C=O) groups excluding carboxylic acids is 3. The second-order valence-electron chi connectivity index (χ2n) is 2.89. The molecule has 1 aromatic rings. The highest BCUT2D eigenvalue weighted by Crippen LogP contribution is 2.27. The maximum absolute atomic E-state index is 11.4. The zero-order valence-electron chi connectivity index (χ0n) is 7.48. The highest BCUT2D eigenvalue weighted by atomic mass is 32.1. The lowest BCUT2D eigenvalue weighted by Crippen LogP contribution is -2.14. The van der Waals surface area contributed by atoms with Gasteiger partial charge in [-0.25, -0.2) is 4.79 Å². The van der Waals surface area contributed by atoms with Crippen molar-refractivity contribution in [2.24, 2.45) is 0 Å². The van der Waals surface area contributed by atoms with Crippen LogP contribution in [0.15, 0.2) is 12.1 Å². The number of rotatable bonds is 3. The average molecular weight is 221 g/mol. The Morgan fingerprint density at radius 3 is 2.87 bits per heavy atom. The Balaban J connectivity index is 2.32. The number of hydrogen-bond acceptors (Lipinski definition) is 5. The fourth-order valence-electron chi connectivity index (χ4n) is 1.29. The van der Waals surface area contributed by atoms with E-state index >= 15 is 0 Å². The summed E-state index contributed by atoms with van der Waals surface area (Å²) in [6.45, 7) is 1.38. The molecule has 2 rings (SSSR count). The van der Waals surface area contributed by atoms with Crippen LogP contribution < -0.4 is 0 Å². The van der Waals surface area contributed by atoms with Gasteiger partial charge in [-0.3, -0.25) is 9.59 Å². The van der Waals surface area contributed by atoms with Gasteiger partial charge in [0.15, 0.2) is 0 Å². The third-order valence-electron chi connectivity index (χ3n) is 1.94. The van der Waals surface area contributed by atoms with E-state index in [9.17, 15) is 14.4 Å². The second-order valence-corrected chi connectivity index (χ2v) is 4.06. The molecule has 5 heteroatoms. The first kappa shape index (κ1) is 9.79. The van der Waals surface area contributed by atoms with Crippen molar-refractivity contribution in [1.82, 2.24) is 0 Å². The van der Waals surface area contributed by atoms with E-state index in [2.05, 4.69) is 4.74 Å². The van der Waals surface area contributed by atoms with Gasteiger partial charge >= 0.3 is 6.47 Å². The van der Waals surface area contributed by atoms with Crippen molar-refractivity contribution in [2.75, 3.05) is 0 Å². The van der Waals surface area contributed by atoms with Crippen LogP contribution in [0.1, 0.15) is 20.1 Å². The molecule has 1 heterocycles. The number of hydrogen-bond donors (Lipinski definition) is 0. The molecule has 0 amide bonds. The molecule has 1 aliphatic carbocycles. The van der Waals surface area contributed by atoms with Crippen molar-refractivity contribution in [3.8, 4) is 0 Å². The van der Waals surface area contributed by atoms with E-state index in [4.69, 9.17) is 0 Å². The molecule has 1 radical (unpaired) electrons. The first-order valence-corrected chi connectivity index (χ1v) is 4.92. The molecule has 0 bridgehead atoms. The lowest BCUT2D eigenvalue weighted by atomic mass is 10.0. The van der Waals surface area contributed by atoms with Gasteiger partial charge in [0.05, 0.1) is 0 Å². The van der Waals surface area contributed by atoms with Crippen LogP contribution in [-0.2, 0) is 20.9 Å². The molecule has 1 aromatic heterocycles. The number of allylic oxidation sites excluding steroid dienone is 1. The smallest absolute Gasteiger partial charge is 0.417 e. The first-order valence-electron chi connectivity index (χ1n) is 4.11. The minimum absolute atomic E-state index is 0.0798. The number of carbonyl (C=O) groups is 2. The predicted octanol–water partition coefficient (Wildman–Crippen LogP) is 1.11. The maximum atomic E-state index is 11.4. The molecule has 0 spiro atoms. The molecular formula is C10H5O4S. The van der Waals surface area contributed by atoms with Crippen molar-refractivity contribution in [2.45, 2.75) is 6.61 Å². The highest BCUT2D eigenvalue weighted by molar-refractivity contribution is 7.13. The second kappa shape index (κ2) is 3.78. The van der Waals surface area contributed by atoms with E-state index in [1.807, 2.05) is 0 Å². The third-order valence-corrected chi connectivity index (χ3v) is 3.01. The van der Waals surface area contributed by atoms with Gasteiger partial charge in [0, 0.05) is 15.3 Å². The van der Waals surface area contributed by atoms with Gasteiger partial charge in [-0.05, 0) is 18.2 Å². The van der Waals surface area contributed by atoms with E-state index in [1.54, 1.807) is 12.1 Å². The average Bonchev–Trinajstić information content (AvgIpc) is 2.64. The van der Waals surface area contributed by atoms with E-state index < -0.39 is 11.6 Å². The number of fused-ring (bicyclic) bond motifs is 1. The Hall–Kier alpha value is -1.75. The Morgan fingerprint density at radius 2 is 2.13 bits per heavy atom. The Morgan fingerprint density at radius 1 is 1.33 bits per heavy atom. The van der Waals surface area contributed by atoms with E-state index in [-0.39, 0.29) is 6.61 Å². The van der Waals surface area contributed by atoms with Crippen LogP contribution in [0.5, 0.6) is 0 Å². The molecule has 0 fully saturated rings. The summed E-state index contributed by atoms with van der Waals surface area (Å²) in [4.78, 5) is 33.8. The fourth-order valence-corrected chi connectivity index (χ4v) is 2.27. The van der Waals surface area contributed by atoms with Crippen molar-refractivity contribution in [3.63, 3.8) is 0 Å². The number of ketones is 2. The monoisotopic (exact) mass is 221 g/mol. The minimum Gasteiger partial charge on any atom is -0.452 e. The molecule has 0 N–H and O–H groups in total. The van der Waals surface area contributed by atoms with Crippen molar-refractivity contribution in [3.05, 3.63) is 27.5 Å². The normalized spacial score (nSPS) is 13.9. The van der Waals surface area contributed by atoms with Crippen LogP contribution in [-0.4, -0.2) is 18.0 Å². The molecule has 1 aliphatic rings. The molecule has 0 saturated carbocycles. The van der Waals surface area contributed by atoms with Gasteiger partial charge in [0.1, 0.15) is 6.61 Å². The Kier molecular flexibility index (Phi) is 2.47. The lowest BCUT2D eigenvalue weighted by Gasteiger charge is -1.99. The molecule has 4 nitrogen and oxygen atoms in total.